The van der Waals surface area contributed by atoms with Crippen LogP contribution in [-0.2, 0) is 17.6 Å². The van der Waals surface area contributed by atoms with E-state index in [4.69, 9.17) is 16.7 Å². The maximum absolute atomic E-state index is 13.1. The smallest absolute Gasteiger partial charge is 0.303 e. The highest BCUT2D eigenvalue weighted by molar-refractivity contribution is 6.31. The topological polar surface area (TPSA) is 70.2 Å². The lowest BCUT2D eigenvalue weighted by Crippen LogP contribution is -2.11. The summed E-state index contributed by atoms with van der Waals surface area (Å²) in [5, 5.41) is 10.4. The quantitative estimate of drug-likeness (QED) is 0.227. The predicted octanol–water partition coefficient (Wildman–Crippen LogP) is 6.99. The Morgan fingerprint density at radius 1 is 1.00 bits per heavy atom. The van der Waals surface area contributed by atoms with E-state index in [0.29, 0.717) is 10.6 Å². The first-order valence-corrected chi connectivity index (χ1v) is 11.5. The van der Waals surface area contributed by atoms with Gasteiger partial charge in [0, 0.05) is 40.0 Å². The summed E-state index contributed by atoms with van der Waals surface area (Å²) in [6.45, 7) is 1.79. The minimum absolute atomic E-state index is 0.0295. The van der Waals surface area contributed by atoms with Crippen molar-refractivity contribution in [2.75, 3.05) is 0 Å². The highest BCUT2D eigenvalue weighted by atomic mass is 35.5. The zero-order valence-corrected chi connectivity index (χ0v) is 19.1. The largest absolute Gasteiger partial charge is 0.481 e. The molecule has 4 nitrogen and oxygen atoms in total. The van der Waals surface area contributed by atoms with Gasteiger partial charge in [-0.1, -0.05) is 43.5 Å². The van der Waals surface area contributed by atoms with E-state index in [1.807, 2.05) is 18.2 Å². The molecule has 0 saturated heterocycles. The molecule has 0 saturated carbocycles. The molecule has 32 heavy (non-hydrogen) atoms. The van der Waals surface area contributed by atoms with Gasteiger partial charge in [-0.2, -0.15) is 0 Å². The number of nitrogens with one attached hydrogen (secondary N) is 1. The number of aromatic amines is 1. The number of benzene rings is 2. The van der Waals surface area contributed by atoms with Crippen LogP contribution in [0.3, 0.4) is 0 Å². The molecular weight excluding hydrogens is 429 g/mol. The maximum atomic E-state index is 13.1. The summed E-state index contributed by atoms with van der Waals surface area (Å²) >= 11 is 6.18. The summed E-state index contributed by atoms with van der Waals surface area (Å²) in [5.41, 5.74) is 3.55. The van der Waals surface area contributed by atoms with Gasteiger partial charge in [-0.05, 0) is 67.5 Å². The summed E-state index contributed by atoms with van der Waals surface area (Å²) in [6, 6.07) is 12.1. The Morgan fingerprint density at radius 3 is 2.38 bits per heavy atom. The standard InChI is InChI=1S/C26H29ClFNO3/c1-17(15-25(31)32)14-24(30)26-21-16-19(27)10-13-22(21)29-23(26)7-5-3-2-4-6-18-8-11-20(28)12-9-18/h8-13,16-17,29H,2-7,14-15H2,1H3,(H,31,32)/t17-/m1/s1. The minimum Gasteiger partial charge on any atom is -0.481 e. The van der Waals surface area contributed by atoms with Crippen molar-refractivity contribution in [3.63, 3.8) is 0 Å². The van der Waals surface area contributed by atoms with Gasteiger partial charge in [0.25, 0.3) is 0 Å². The van der Waals surface area contributed by atoms with Crippen LogP contribution in [0.1, 0.15) is 67.1 Å². The molecule has 0 spiro atoms. The number of H-pyrrole nitrogens is 1. The van der Waals surface area contributed by atoms with E-state index in [1.54, 1.807) is 19.1 Å². The van der Waals surface area contributed by atoms with Crippen molar-refractivity contribution in [3.05, 3.63) is 70.1 Å². The number of rotatable bonds is 12. The van der Waals surface area contributed by atoms with E-state index in [2.05, 4.69) is 4.98 Å². The number of hydrogen-bond donors (Lipinski definition) is 2. The highest BCUT2D eigenvalue weighted by Crippen LogP contribution is 2.29. The van der Waals surface area contributed by atoms with Crippen LogP contribution in [0.5, 0.6) is 0 Å². The van der Waals surface area contributed by atoms with Crippen LogP contribution in [-0.4, -0.2) is 21.8 Å². The molecule has 0 aliphatic carbocycles. The van der Waals surface area contributed by atoms with E-state index >= 15 is 0 Å². The molecule has 0 radical (unpaired) electrons. The monoisotopic (exact) mass is 457 g/mol. The Balaban J connectivity index is 1.61. The van der Waals surface area contributed by atoms with Gasteiger partial charge in [0.05, 0.1) is 0 Å². The normalized spacial score (nSPS) is 12.2. The van der Waals surface area contributed by atoms with Crippen molar-refractivity contribution in [2.45, 2.75) is 58.3 Å². The number of hydrogen-bond acceptors (Lipinski definition) is 2. The van der Waals surface area contributed by atoms with Gasteiger partial charge in [0.1, 0.15) is 5.82 Å². The molecule has 0 amide bonds. The summed E-state index contributed by atoms with van der Waals surface area (Å²) < 4.78 is 13.0. The van der Waals surface area contributed by atoms with Crippen LogP contribution in [0.25, 0.3) is 10.9 Å². The van der Waals surface area contributed by atoms with Gasteiger partial charge in [-0.3, -0.25) is 9.59 Å². The van der Waals surface area contributed by atoms with E-state index < -0.39 is 5.97 Å². The molecule has 1 heterocycles. The molecule has 3 aromatic rings. The van der Waals surface area contributed by atoms with Gasteiger partial charge in [0.15, 0.2) is 5.78 Å². The molecule has 0 aliphatic rings. The average Bonchev–Trinajstić information content (AvgIpc) is 3.08. The number of aryl methyl sites for hydroxylation is 2. The SMILES string of the molecule is C[C@@H](CC(=O)O)CC(=O)c1c(CCCCCCc2ccc(F)cc2)[nH]c2ccc(Cl)cc12. The number of Topliss-reactive ketones (excluding diaryl/α,β-unsaturated/α-hetero) is 1. The third-order valence-electron chi connectivity index (χ3n) is 5.73. The number of aromatic nitrogens is 1. The molecule has 6 heteroatoms. The number of halogens is 2. The van der Waals surface area contributed by atoms with Gasteiger partial charge >= 0.3 is 5.97 Å². The van der Waals surface area contributed by atoms with Crippen molar-refractivity contribution >= 4 is 34.3 Å². The zero-order chi connectivity index (χ0) is 23.1. The van der Waals surface area contributed by atoms with Crippen LogP contribution < -0.4 is 0 Å². The van der Waals surface area contributed by atoms with Crippen LogP contribution in [0.4, 0.5) is 4.39 Å². The lowest BCUT2D eigenvalue weighted by Gasteiger charge is -2.09. The van der Waals surface area contributed by atoms with Crippen molar-refractivity contribution in [1.82, 2.24) is 4.98 Å². The first kappa shape index (κ1) is 24.0. The Bertz CT molecular complexity index is 1070. The van der Waals surface area contributed by atoms with Crippen molar-refractivity contribution in [1.29, 1.82) is 0 Å². The van der Waals surface area contributed by atoms with Crippen LogP contribution in [0, 0.1) is 11.7 Å². The van der Waals surface area contributed by atoms with Crippen LogP contribution >= 0.6 is 11.6 Å². The summed E-state index contributed by atoms with van der Waals surface area (Å²) in [5.74, 6) is -1.38. The predicted molar refractivity (Wildman–Crippen MR) is 126 cm³/mol. The molecule has 2 aromatic carbocycles. The van der Waals surface area contributed by atoms with Gasteiger partial charge in [0.2, 0.25) is 0 Å². The van der Waals surface area contributed by atoms with Crippen molar-refractivity contribution in [2.24, 2.45) is 5.92 Å². The number of carboxylic acids is 1. The summed E-state index contributed by atoms with van der Waals surface area (Å²) in [7, 11) is 0. The minimum atomic E-state index is -0.895. The number of ketones is 1. The molecule has 1 aromatic heterocycles. The second-order valence-corrected chi connectivity index (χ2v) is 8.98. The number of carbonyl (C=O) groups is 2. The molecule has 0 unspecified atom stereocenters. The average molecular weight is 458 g/mol. The van der Waals surface area contributed by atoms with E-state index in [0.717, 1.165) is 60.7 Å². The number of unbranched alkanes of at least 4 members (excludes halogenated alkanes) is 3. The second-order valence-electron chi connectivity index (χ2n) is 8.54. The Hall–Kier alpha value is -2.66. The third kappa shape index (κ3) is 6.67. The van der Waals surface area contributed by atoms with Gasteiger partial charge in [-0.25, -0.2) is 4.39 Å². The van der Waals surface area contributed by atoms with Crippen LogP contribution in [0.15, 0.2) is 42.5 Å². The first-order chi connectivity index (χ1) is 15.3. The number of carbonyl (C=O) groups excluding carboxylic acids is 1. The fourth-order valence-corrected chi connectivity index (χ4v) is 4.32. The lowest BCUT2D eigenvalue weighted by molar-refractivity contribution is -0.137. The maximum Gasteiger partial charge on any atom is 0.303 e. The van der Waals surface area contributed by atoms with E-state index in [9.17, 15) is 14.0 Å². The Kier molecular flexibility index (Phi) is 8.46. The fourth-order valence-electron chi connectivity index (χ4n) is 4.15. The second kappa shape index (κ2) is 11.3. The van der Waals surface area contributed by atoms with Crippen molar-refractivity contribution in [3.8, 4) is 0 Å². The zero-order valence-electron chi connectivity index (χ0n) is 18.3. The molecule has 0 bridgehead atoms. The van der Waals surface area contributed by atoms with Crippen LogP contribution in [0.2, 0.25) is 5.02 Å². The number of carboxylic acid groups (broad SMARTS) is 1. The van der Waals surface area contributed by atoms with Crippen molar-refractivity contribution < 1.29 is 19.1 Å². The number of aliphatic carboxylic acids is 1. The summed E-state index contributed by atoms with van der Waals surface area (Å²) in [4.78, 5) is 27.4. The molecule has 0 aliphatic heterocycles. The van der Waals surface area contributed by atoms with Gasteiger partial charge in [-0.15, -0.1) is 0 Å². The van der Waals surface area contributed by atoms with E-state index in [1.165, 1.54) is 12.1 Å². The lowest BCUT2D eigenvalue weighted by atomic mass is 9.94. The molecule has 0 fully saturated rings. The molecule has 1 atom stereocenters. The molecule has 3 rings (SSSR count). The van der Waals surface area contributed by atoms with E-state index in [-0.39, 0.29) is 30.4 Å². The summed E-state index contributed by atoms with van der Waals surface area (Å²) in [6.07, 6.45) is 5.90. The molecule has 170 valence electrons. The Labute approximate surface area is 192 Å². The van der Waals surface area contributed by atoms with Gasteiger partial charge < -0.3 is 10.1 Å². The molecular formula is C26H29ClFNO3. The third-order valence-corrected chi connectivity index (χ3v) is 5.96. The molecule has 2 N–H and O–H groups in total. The fraction of sp³-hybridized carbons (Fsp3) is 0.385. The number of fused-ring (bicyclic) bond motifs is 1. The Morgan fingerprint density at radius 2 is 1.69 bits per heavy atom. The first-order valence-electron chi connectivity index (χ1n) is 11.1. The highest BCUT2D eigenvalue weighted by Gasteiger charge is 2.21.